The summed E-state index contributed by atoms with van der Waals surface area (Å²) < 4.78 is 0. The third-order valence-electron chi connectivity index (χ3n) is 4.80. The van der Waals surface area contributed by atoms with Crippen molar-refractivity contribution < 1.29 is 9.90 Å². The Morgan fingerprint density at radius 2 is 2.20 bits per heavy atom. The molecule has 2 N–H and O–H groups in total. The summed E-state index contributed by atoms with van der Waals surface area (Å²) in [5.74, 6) is 0.816. The highest BCUT2D eigenvalue weighted by molar-refractivity contribution is 6.30. The van der Waals surface area contributed by atoms with Crippen LogP contribution in [0.1, 0.15) is 24.2 Å². The van der Waals surface area contributed by atoms with Crippen LogP contribution in [0.2, 0.25) is 5.02 Å². The zero-order valence-electron chi connectivity index (χ0n) is 11.7. The molecule has 108 valence electrons. The molecule has 1 aromatic carbocycles. The minimum Gasteiger partial charge on any atom is -0.507 e. The van der Waals surface area contributed by atoms with Crippen molar-refractivity contribution >= 4 is 17.5 Å². The van der Waals surface area contributed by atoms with E-state index in [1.165, 1.54) is 6.07 Å². The van der Waals surface area contributed by atoms with Gasteiger partial charge in [-0.25, -0.2) is 0 Å². The molecule has 5 heteroatoms. The molecule has 0 radical (unpaired) electrons. The van der Waals surface area contributed by atoms with Gasteiger partial charge in [0.2, 0.25) is 0 Å². The van der Waals surface area contributed by atoms with Crippen LogP contribution in [0.25, 0.3) is 0 Å². The molecule has 2 aliphatic rings. The maximum atomic E-state index is 12.7. The average molecular weight is 295 g/mol. The van der Waals surface area contributed by atoms with Gasteiger partial charge in [0.15, 0.2) is 0 Å². The van der Waals surface area contributed by atoms with Gasteiger partial charge in [0, 0.05) is 30.2 Å². The summed E-state index contributed by atoms with van der Waals surface area (Å²) in [5, 5.41) is 13.8. The van der Waals surface area contributed by atoms with Crippen molar-refractivity contribution in [2.45, 2.75) is 19.4 Å². The van der Waals surface area contributed by atoms with Gasteiger partial charge in [-0.1, -0.05) is 11.6 Å². The van der Waals surface area contributed by atoms with Crippen molar-refractivity contribution in [1.29, 1.82) is 0 Å². The van der Waals surface area contributed by atoms with Crippen LogP contribution in [0.3, 0.4) is 0 Å². The van der Waals surface area contributed by atoms with Crippen LogP contribution in [0, 0.1) is 11.8 Å². The molecule has 2 fully saturated rings. The molecule has 4 nitrogen and oxygen atoms in total. The van der Waals surface area contributed by atoms with Gasteiger partial charge < -0.3 is 15.3 Å². The second kappa shape index (κ2) is 4.64. The fraction of sp³-hybridized carbons (Fsp3) is 0.533. The Balaban J connectivity index is 1.91. The molecule has 3 rings (SSSR count). The highest BCUT2D eigenvalue weighted by Gasteiger charge is 2.51. The second-order valence-corrected chi connectivity index (χ2v) is 6.69. The van der Waals surface area contributed by atoms with Gasteiger partial charge in [-0.2, -0.15) is 0 Å². The molecule has 0 aliphatic carbocycles. The van der Waals surface area contributed by atoms with Crippen molar-refractivity contribution in [2.75, 3.05) is 19.6 Å². The maximum absolute atomic E-state index is 12.7. The number of phenolic OH excluding ortho intramolecular Hbond substituents is 1. The van der Waals surface area contributed by atoms with Gasteiger partial charge in [0.05, 0.1) is 5.56 Å². The minimum atomic E-state index is -0.197. The second-order valence-electron chi connectivity index (χ2n) is 6.26. The van der Waals surface area contributed by atoms with E-state index in [1.807, 2.05) is 4.90 Å². The van der Waals surface area contributed by atoms with E-state index in [9.17, 15) is 9.90 Å². The normalized spacial score (nSPS) is 27.6. The van der Waals surface area contributed by atoms with Crippen molar-refractivity contribution in [3.63, 3.8) is 0 Å². The summed E-state index contributed by atoms with van der Waals surface area (Å²) in [5.41, 5.74) is 0.132. The van der Waals surface area contributed by atoms with Crippen LogP contribution in [0.4, 0.5) is 0 Å². The molecular formula is C15H19ClN2O2. The number of hydrogen-bond donors (Lipinski definition) is 2. The number of nitrogens with zero attached hydrogens (tertiary/aromatic N) is 1. The predicted octanol–water partition coefficient (Wildman–Crippen LogP) is 2.12. The first-order valence-electron chi connectivity index (χ1n) is 6.92. The quantitative estimate of drug-likeness (QED) is 0.834. The number of rotatable bonds is 1. The highest BCUT2D eigenvalue weighted by atomic mass is 35.5. The summed E-state index contributed by atoms with van der Waals surface area (Å²) in [6.45, 7) is 6.87. The molecule has 0 spiro atoms. The molecule has 2 aliphatic heterocycles. The van der Waals surface area contributed by atoms with Crippen molar-refractivity contribution in [2.24, 2.45) is 11.8 Å². The molecule has 1 aromatic rings. The van der Waals surface area contributed by atoms with E-state index in [1.54, 1.807) is 12.1 Å². The number of phenols is 1. The molecule has 2 saturated heterocycles. The number of fused-ring (bicyclic) bond motifs is 1. The number of carbonyl (C=O) groups is 1. The van der Waals surface area contributed by atoms with E-state index >= 15 is 0 Å². The minimum absolute atomic E-state index is 0.0477. The molecule has 20 heavy (non-hydrogen) atoms. The van der Waals surface area contributed by atoms with Crippen LogP contribution >= 0.6 is 11.6 Å². The van der Waals surface area contributed by atoms with Gasteiger partial charge >= 0.3 is 0 Å². The van der Waals surface area contributed by atoms with Crippen LogP contribution < -0.4 is 5.32 Å². The first kappa shape index (κ1) is 13.7. The number of carbonyl (C=O) groups excluding carboxylic acids is 1. The van der Waals surface area contributed by atoms with Gasteiger partial charge in [0.25, 0.3) is 5.91 Å². The standard InChI is InChI=1S/C15H19ClN2O2/c1-15(2)12-7-17-6-9(12)8-18(15)14(20)11-4-3-10(16)5-13(11)19/h3-5,9,12,17,19H,6-8H2,1-2H3. The summed E-state index contributed by atoms with van der Waals surface area (Å²) in [4.78, 5) is 14.6. The first-order chi connectivity index (χ1) is 9.41. The van der Waals surface area contributed by atoms with E-state index in [0.29, 0.717) is 22.4 Å². The molecule has 2 heterocycles. The van der Waals surface area contributed by atoms with Crippen molar-refractivity contribution in [3.8, 4) is 5.75 Å². The number of hydrogen-bond acceptors (Lipinski definition) is 3. The molecular weight excluding hydrogens is 276 g/mol. The van der Waals surface area contributed by atoms with Gasteiger partial charge in [-0.05, 0) is 43.9 Å². The van der Waals surface area contributed by atoms with E-state index in [0.717, 1.165) is 19.6 Å². The SMILES string of the molecule is CC1(C)C2CNCC2CN1C(=O)c1ccc(Cl)cc1O. The van der Waals surface area contributed by atoms with Crippen molar-refractivity contribution in [1.82, 2.24) is 10.2 Å². The predicted molar refractivity (Wildman–Crippen MR) is 78.1 cm³/mol. The summed E-state index contributed by atoms with van der Waals surface area (Å²) in [7, 11) is 0. The van der Waals surface area contributed by atoms with Crippen LogP contribution in [-0.4, -0.2) is 41.1 Å². The Morgan fingerprint density at radius 1 is 1.45 bits per heavy atom. The third-order valence-corrected chi connectivity index (χ3v) is 5.03. The smallest absolute Gasteiger partial charge is 0.258 e. The fourth-order valence-electron chi connectivity index (χ4n) is 3.60. The summed E-state index contributed by atoms with van der Waals surface area (Å²) in [6, 6.07) is 4.66. The number of likely N-dealkylation sites (tertiary alicyclic amines) is 1. The molecule has 1 amide bonds. The molecule has 0 aromatic heterocycles. The monoisotopic (exact) mass is 294 g/mol. The molecule has 0 bridgehead atoms. The summed E-state index contributed by atoms with van der Waals surface area (Å²) >= 11 is 5.82. The molecule has 2 unspecified atom stereocenters. The fourth-order valence-corrected chi connectivity index (χ4v) is 3.76. The van der Waals surface area contributed by atoms with Gasteiger partial charge in [0.1, 0.15) is 5.75 Å². The summed E-state index contributed by atoms with van der Waals surface area (Å²) in [6.07, 6.45) is 0. The number of benzene rings is 1. The lowest BCUT2D eigenvalue weighted by atomic mass is 9.84. The number of amides is 1. The van der Waals surface area contributed by atoms with Gasteiger partial charge in [-0.3, -0.25) is 4.79 Å². The Morgan fingerprint density at radius 3 is 2.85 bits per heavy atom. The van der Waals surface area contributed by atoms with Crippen LogP contribution in [0.15, 0.2) is 18.2 Å². The number of nitrogens with one attached hydrogen (secondary N) is 1. The number of halogens is 1. The lowest BCUT2D eigenvalue weighted by molar-refractivity contribution is 0.0600. The third kappa shape index (κ3) is 1.98. The van der Waals surface area contributed by atoms with Crippen LogP contribution in [-0.2, 0) is 0 Å². The largest absolute Gasteiger partial charge is 0.507 e. The number of aromatic hydroxyl groups is 1. The van der Waals surface area contributed by atoms with Crippen LogP contribution in [0.5, 0.6) is 5.75 Å². The maximum Gasteiger partial charge on any atom is 0.258 e. The van der Waals surface area contributed by atoms with Crippen molar-refractivity contribution in [3.05, 3.63) is 28.8 Å². The van der Waals surface area contributed by atoms with Gasteiger partial charge in [-0.15, -0.1) is 0 Å². The Labute approximate surface area is 123 Å². The Kier molecular flexibility index (Phi) is 3.18. The topological polar surface area (TPSA) is 52.6 Å². The zero-order valence-corrected chi connectivity index (χ0v) is 12.4. The zero-order chi connectivity index (χ0) is 14.5. The van der Waals surface area contributed by atoms with E-state index < -0.39 is 0 Å². The lowest BCUT2D eigenvalue weighted by Gasteiger charge is -2.35. The molecule has 0 saturated carbocycles. The lowest BCUT2D eigenvalue weighted by Crippen LogP contribution is -2.47. The first-order valence-corrected chi connectivity index (χ1v) is 7.30. The molecule has 2 atom stereocenters. The van der Waals surface area contributed by atoms with E-state index in [2.05, 4.69) is 19.2 Å². The average Bonchev–Trinajstić information content (AvgIpc) is 2.91. The Bertz CT molecular complexity index is 559. The van der Waals surface area contributed by atoms with E-state index in [-0.39, 0.29) is 17.2 Å². The highest BCUT2D eigenvalue weighted by Crippen LogP contribution is 2.41. The van der Waals surface area contributed by atoms with E-state index in [4.69, 9.17) is 11.6 Å². The Hall–Kier alpha value is -1.26.